The van der Waals surface area contributed by atoms with Crippen LogP contribution < -0.4 is 10.6 Å². The largest absolute Gasteiger partial charge is 0.460 e. The first-order valence-electron chi connectivity index (χ1n) is 9.88. The molecule has 0 aliphatic heterocycles. The number of amides is 2. The van der Waals surface area contributed by atoms with Crippen LogP contribution in [0, 0.1) is 0 Å². The minimum atomic E-state index is -3.30. The summed E-state index contributed by atoms with van der Waals surface area (Å²) in [5, 5.41) is 5.69. The maximum absolute atomic E-state index is 12.1. The van der Waals surface area contributed by atoms with Crippen LogP contribution in [0.5, 0.6) is 0 Å². The molecule has 0 bridgehead atoms. The third-order valence-electron chi connectivity index (χ3n) is 4.24. The molecule has 0 fully saturated rings. The number of thiazole rings is 1. The van der Waals surface area contributed by atoms with Crippen molar-refractivity contribution in [3.63, 3.8) is 0 Å². The van der Waals surface area contributed by atoms with Gasteiger partial charge in [-0.05, 0) is 56.2 Å². The van der Waals surface area contributed by atoms with E-state index in [1.807, 2.05) is 24.3 Å². The van der Waals surface area contributed by atoms with E-state index in [0.29, 0.717) is 10.6 Å². The number of benzene rings is 2. The highest BCUT2D eigenvalue weighted by atomic mass is 32.2. The van der Waals surface area contributed by atoms with Crippen molar-refractivity contribution in [3.8, 4) is 11.1 Å². The van der Waals surface area contributed by atoms with Gasteiger partial charge >= 0.3 is 12.0 Å². The molecule has 3 rings (SSSR count). The van der Waals surface area contributed by atoms with Gasteiger partial charge in [0, 0.05) is 12.8 Å². The van der Waals surface area contributed by atoms with Gasteiger partial charge in [-0.1, -0.05) is 29.5 Å². The molecule has 0 saturated carbocycles. The van der Waals surface area contributed by atoms with E-state index >= 15 is 0 Å². The number of fused-ring (bicyclic) bond motifs is 1. The molecule has 32 heavy (non-hydrogen) atoms. The molecule has 2 amide bonds. The van der Waals surface area contributed by atoms with Gasteiger partial charge < -0.3 is 10.1 Å². The average Bonchev–Trinajstić information content (AvgIpc) is 3.07. The van der Waals surface area contributed by atoms with E-state index in [4.69, 9.17) is 4.74 Å². The van der Waals surface area contributed by atoms with Crippen LogP contribution in [-0.4, -0.2) is 43.8 Å². The predicted octanol–water partition coefficient (Wildman–Crippen LogP) is 4.22. The number of hydrogen-bond acceptors (Lipinski definition) is 7. The molecule has 1 heterocycles. The van der Waals surface area contributed by atoms with E-state index in [1.165, 1.54) is 17.6 Å². The number of urea groups is 1. The van der Waals surface area contributed by atoms with E-state index < -0.39 is 21.5 Å². The maximum Gasteiger partial charge on any atom is 0.321 e. The molecule has 2 aromatic carbocycles. The number of anilines is 1. The lowest BCUT2D eigenvalue weighted by atomic mass is 10.1. The van der Waals surface area contributed by atoms with Gasteiger partial charge in [0.2, 0.25) is 0 Å². The lowest BCUT2D eigenvalue weighted by Crippen LogP contribution is -2.32. The van der Waals surface area contributed by atoms with Crippen molar-refractivity contribution in [1.82, 2.24) is 10.3 Å². The molecular weight excluding hydrogens is 450 g/mol. The van der Waals surface area contributed by atoms with Crippen LogP contribution in [0.1, 0.15) is 27.2 Å². The number of aromatic nitrogens is 1. The van der Waals surface area contributed by atoms with Gasteiger partial charge in [0.25, 0.3) is 0 Å². The molecule has 3 aromatic rings. The van der Waals surface area contributed by atoms with Crippen molar-refractivity contribution in [3.05, 3.63) is 42.5 Å². The minimum Gasteiger partial charge on any atom is -0.460 e. The number of nitrogens with zero attached hydrogens (tertiary/aromatic N) is 1. The molecule has 170 valence electrons. The number of carbonyl (C=O) groups is 2. The van der Waals surface area contributed by atoms with Gasteiger partial charge in [-0.3, -0.25) is 10.1 Å². The normalized spacial score (nSPS) is 11.9. The molecule has 10 heteroatoms. The summed E-state index contributed by atoms with van der Waals surface area (Å²) < 4.78 is 29.7. The second kappa shape index (κ2) is 9.25. The molecule has 0 unspecified atom stereocenters. The summed E-state index contributed by atoms with van der Waals surface area (Å²) in [6, 6.07) is 11.9. The van der Waals surface area contributed by atoms with Gasteiger partial charge in [0.1, 0.15) is 5.60 Å². The zero-order valence-electron chi connectivity index (χ0n) is 18.3. The molecule has 0 saturated heterocycles. The first kappa shape index (κ1) is 23.7. The molecule has 0 radical (unpaired) electrons. The molecule has 0 aliphatic rings. The van der Waals surface area contributed by atoms with Crippen LogP contribution in [0.3, 0.4) is 0 Å². The Morgan fingerprint density at radius 1 is 1.09 bits per heavy atom. The smallest absolute Gasteiger partial charge is 0.321 e. The van der Waals surface area contributed by atoms with Crippen LogP contribution in [0.2, 0.25) is 0 Å². The molecule has 0 atom stereocenters. The van der Waals surface area contributed by atoms with Gasteiger partial charge in [-0.15, -0.1) is 0 Å². The Bertz CT molecular complexity index is 1260. The van der Waals surface area contributed by atoms with Crippen molar-refractivity contribution in [2.24, 2.45) is 0 Å². The fourth-order valence-electron chi connectivity index (χ4n) is 2.88. The summed E-state index contributed by atoms with van der Waals surface area (Å²) in [7, 11) is -3.30. The van der Waals surface area contributed by atoms with E-state index in [9.17, 15) is 18.0 Å². The third kappa shape index (κ3) is 6.51. The Morgan fingerprint density at radius 3 is 2.50 bits per heavy atom. The SMILES string of the molecule is CC(C)(C)OC(=O)CCNC(=O)Nc1nc2ccc(-c3cccc(S(C)(=O)=O)c3)cc2s1. The minimum absolute atomic E-state index is 0.0699. The summed E-state index contributed by atoms with van der Waals surface area (Å²) in [5.41, 5.74) is 1.77. The van der Waals surface area contributed by atoms with Gasteiger partial charge in [0.05, 0.1) is 21.5 Å². The molecular formula is C22H25N3O5S2. The summed E-state index contributed by atoms with van der Waals surface area (Å²) in [6.07, 6.45) is 1.25. The number of rotatable bonds is 6. The first-order valence-corrected chi connectivity index (χ1v) is 12.6. The van der Waals surface area contributed by atoms with Crippen LogP contribution in [0.25, 0.3) is 21.3 Å². The maximum atomic E-state index is 12.1. The highest BCUT2D eigenvalue weighted by Crippen LogP contribution is 2.31. The average molecular weight is 476 g/mol. The monoisotopic (exact) mass is 475 g/mol. The Balaban J connectivity index is 1.65. The van der Waals surface area contributed by atoms with Crippen LogP contribution in [-0.2, 0) is 19.4 Å². The van der Waals surface area contributed by atoms with Crippen LogP contribution in [0.4, 0.5) is 9.93 Å². The van der Waals surface area contributed by atoms with Crippen molar-refractivity contribution >= 4 is 48.5 Å². The lowest BCUT2D eigenvalue weighted by Gasteiger charge is -2.19. The Labute approximate surface area is 190 Å². The van der Waals surface area contributed by atoms with Crippen molar-refractivity contribution in [2.45, 2.75) is 37.7 Å². The predicted molar refractivity (Wildman–Crippen MR) is 126 cm³/mol. The zero-order chi connectivity index (χ0) is 23.5. The van der Waals surface area contributed by atoms with Crippen molar-refractivity contribution < 1.29 is 22.7 Å². The first-order chi connectivity index (χ1) is 14.9. The number of ether oxygens (including phenoxy) is 1. The fraction of sp³-hybridized carbons (Fsp3) is 0.318. The van der Waals surface area contributed by atoms with Crippen LogP contribution >= 0.6 is 11.3 Å². The molecule has 1 aromatic heterocycles. The van der Waals surface area contributed by atoms with Gasteiger partial charge in [-0.25, -0.2) is 18.2 Å². The van der Waals surface area contributed by atoms with Gasteiger partial charge in [-0.2, -0.15) is 0 Å². The van der Waals surface area contributed by atoms with Crippen LogP contribution in [0.15, 0.2) is 47.4 Å². The van der Waals surface area contributed by atoms with Crippen molar-refractivity contribution in [2.75, 3.05) is 18.1 Å². The Hall–Kier alpha value is -2.98. The lowest BCUT2D eigenvalue weighted by molar-refractivity contribution is -0.154. The summed E-state index contributed by atoms with van der Waals surface area (Å²) in [4.78, 5) is 28.5. The quantitative estimate of drug-likeness (QED) is 0.516. The highest BCUT2D eigenvalue weighted by Gasteiger charge is 2.16. The molecule has 0 spiro atoms. The molecule has 2 N–H and O–H groups in total. The number of carbonyl (C=O) groups excluding carboxylic acids is 2. The third-order valence-corrected chi connectivity index (χ3v) is 6.28. The highest BCUT2D eigenvalue weighted by molar-refractivity contribution is 7.90. The molecule has 0 aliphatic carbocycles. The number of hydrogen-bond donors (Lipinski definition) is 2. The zero-order valence-corrected chi connectivity index (χ0v) is 19.9. The van der Waals surface area contributed by atoms with E-state index in [2.05, 4.69) is 15.6 Å². The van der Waals surface area contributed by atoms with Gasteiger partial charge in [0.15, 0.2) is 15.0 Å². The summed E-state index contributed by atoms with van der Waals surface area (Å²) >= 11 is 1.30. The number of sulfone groups is 1. The van der Waals surface area contributed by atoms with E-state index in [1.54, 1.807) is 39.0 Å². The summed E-state index contributed by atoms with van der Waals surface area (Å²) in [5.74, 6) is -0.384. The number of nitrogens with one attached hydrogen (secondary N) is 2. The fourth-order valence-corrected chi connectivity index (χ4v) is 4.44. The van der Waals surface area contributed by atoms with E-state index in [-0.39, 0.29) is 23.8 Å². The van der Waals surface area contributed by atoms with Crippen molar-refractivity contribution in [1.29, 1.82) is 0 Å². The Morgan fingerprint density at radius 2 is 1.81 bits per heavy atom. The Kier molecular flexibility index (Phi) is 6.85. The van der Waals surface area contributed by atoms with E-state index in [0.717, 1.165) is 15.8 Å². The number of esters is 1. The second-order valence-corrected chi connectivity index (χ2v) is 11.3. The standard InChI is InChI=1S/C22H25N3O5S2/c1-22(2,3)30-19(26)10-11-23-20(27)25-21-24-17-9-8-15(13-18(17)31-21)14-6-5-7-16(12-14)32(4,28)29/h5-9,12-13H,10-11H2,1-4H3,(H2,23,24,25,27). The second-order valence-electron chi connectivity index (χ2n) is 8.22. The summed E-state index contributed by atoms with van der Waals surface area (Å²) in [6.45, 7) is 5.50. The topological polar surface area (TPSA) is 114 Å². The molecule has 8 nitrogen and oxygen atoms in total.